The van der Waals surface area contributed by atoms with E-state index in [9.17, 15) is 18.4 Å². The van der Waals surface area contributed by atoms with E-state index >= 15 is 0 Å². The highest BCUT2D eigenvalue weighted by atomic mass is 19.1. The molecule has 0 unspecified atom stereocenters. The van der Waals surface area contributed by atoms with Crippen molar-refractivity contribution < 1.29 is 27.8 Å². The summed E-state index contributed by atoms with van der Waals surface area (Å²) in [5.41, 5.74) is 5.28. The van der Waals surface area contributed by atoms with Gasteiger partial charge in [0.15, 0.2) is 18.1 Å². The average molecular weight is 379 g/mol. The summed E-state index contributed by atoms with van der Waals surface area (Å²) in [6.45, 7) is 1.20. The molecule has 9 heteroatoms. The van der Waals surface area contributed by atoms with Crippen LogP contribution < -0.4 is 25.8 Å². The molecule has 0 saturated heterocycles. The van der Waals surface area contributed by atoms with Crippen molar-refractivity contribution in [2.75, 3.05) is 24.4 Å². The molecule has 2 aromatic rings. The lowest BCUT2D eigenvalue weighted by Crippen LogP contribution is -2.32. The van der Waals surface area contributed by atoms with Gasteiger partial charge in [0.1, 0.15) is 17.7 Å². The zero-order chi connectivity index (χ0) is 20.0. The molecule has 0 aliphatic carbocycles. The molecule has 0 aromatic heterocycles. The third-order valence-electron chi connectivity index (χ3n) is 3.50. The Morgan fingerprint density at radius 1 is 1.15 bits per heavy atom. The summed E-state index contributed by atoms with van der Waals surface area (Å²) in [7, 11) is 1.43. The van der Waals surface area contributed by atoms with Crippen molar-refractivity contribution in [2.45, 2.75) is 13.0 Å². The highest BCUT2D eigenvalue weighted by molar-refractivity contribution is 5.96. The minimum absolute atomic E-state index is 0.255. The Hall–Kier alpha value is -3.36. The molecule has 0 saturated carbocycles. The Bertz CT molecular complexity index is 845. The lowest BCUT2D eigenvalue weighted by Gasteiger charge is -2.17. The smallest absolute Gasteiger partial charge is 0.255 e. The number of benzene rings is 2. The minimum atomic E-state index is -0.787. The molecular formula is C18H19F2N3O4. The molecule has 0 bridgehead atoms. The largest absolute Gasteiger partial charge is 0.493 e. The van der Waals surface area contributed by atoms with Crippen molar-refractivity contribution in [1.29, 1.82) is 0 Å². The molecule has 2 aromatic carbocycles. The normalized spacial score (nSPS) is 11.4. The number of carbonyl (C=O) groups excluding carboxylic acids is 2. The van der Waals surface area contributed by atoms with Gasteiger partial charge in [0.05, 0.1) is 12.8 Å². The van der Waals surface area contributed by atoms with Crippen LogP contribution in [0.5, 0.6) is 11.5 Å². The molecule has 0 radical (unpaired) electrons. The van der Waals surface area contributed by atoms with Gasteiger partial charge in [0.2, 0.25) is 5.91 Å². The number of nitrogens with two attached hydrogens (primary N) is 1. The first-order valence-electron chi connectivity index (χ1n) is 7.91. The number of anilines is 2. The number of hydrogen-bond acceptors (Lipinski definition) is 5. The standard InChI is InChI=1S/C18H19F2N3O4/c1-10(18(25)23-14-7-11(19)3-5-13(14)20)22-12-4-6-15(26-2)16(8-12)27-9-17(21)24/h3-8,10,22H,9H2,1-2H3,(H2,21,24)(H,23,25)/t10-/m1/s1. The summed E-state index contributed by atoms with van der Waals surface area (Å²) in [6, 6.07) is 6.71. The zero-order valence-electron chi connectivity index (χ0n) is 14.7. The predicted molar refractivity (Wildman–Crippen MR) is 95.8 cm³/mol. The number of hydrogen-bond donors (Lipinski definition) is 3. The van der Waals surface area contributed by atoms with Crippen LogP contribution in [0.1, 0.15) is 6.92 Å². The quantitative estimate of drug-likeness (QED) is 0.653. The van der Waals surface area contributed by atoms with Crippen LogP contribution in [0.2, 0.25) is 0 Å². The first-order chi connectivity index (χ1) is 12.8. The first kappa shape index (κ1) is 20.0. The van der Waals surface area contributed by atoms with Crippen LogP contribution in [0.25, 0.3) is 0 Å². The predicted octanol–water partition coefficient (Wildman–Crippen LogP) is 2.28. The first-order valence-corrected chi connectivity index (χ1v) is 7.91. The summed E-state index contributed by atoms with van der Waals surface area (Å²) in [5, 5.41) is 5.21. The molecule has 27 heavy (non-hydrogen) atoms. The molecule has 0 heterocycles. The Morgan fingerprint density at radius 2 is 1.89 bits per heavy atom. The maximum Gasteiger partial charge on any atom is 0.255 e. The molecule has 7 nitrogen and oxygen atoms in total. The molecular weight excluding hydrogens is 360 g/mol. The molecule has 0 aliphatic heterocycles. The van der Waals surface area contributed by atoms with Crippen molar-refractivity contribution in [1.82, 2.24) is 0 Å². The summed E-state index contributed by atoms with van der Waals surface area (Å²) in [6.07, 6.45) is 0. The molecule has 144 valence electrons. The van der Waals surface area contributed by atoms with Crippen LogP contribution in [0.4, 0.5) is 20.2 Å². The molecule has 4 N–H and O–H groups in total. The molecule has 0 spiro atoms. The zero-order valence-corrected chi connectivity index (χ0v) is 14.7. The maximum atomic E-state index is 13.6. The van der Waals surface area contributed by atoms with Gasteiger partial charge in [-0.2, -0.15) is 0 Å². The Kier molecular flexibility index (Phi) is 6.53. The van der Waals surface area contributed by atoms with Crippen molar-refractivity contribution in [2.24, 2.45) is 5.73 Å². The van der Waals surface area contributed by atoms with Crippen LogP contribution in [-0.4, -0.2) is 31.6 Å². The number of amides is 2. The lowest BCUT2D eigenvalue weighted by atomic mass is 10.2. The van der Waals surface area contributed by atoms with E-state index in [0.717, 1.165) is 18.2 Å². The van der Waals surface area contributed by atoms with E-state index in [4.69, 9.17) is 15.2 Å². The van der Waals surface area contributed by atoms with Gasteiger partial charge in [-0.25, -0.2) is 8.78 Å². The number of ether oxygens (including phenoxy) is 2. The minimum Gasteiger partial charge on any atom is -0.493 e. The Labute approximate surface area is 154 Å². The Balaban J connectivity index is 2.08. The van der Waals surface area contributed by atoms with E-state index in [1.165, 1.54) is 13.2 Å². The number of halogens is 2. The van der Waals surface area contributed by atoms with Gasteiger partial charge >= 0.3 is 0 Å². The van der Waals surface area contributed by atoms with Crippen molar-refractivity contribution in [3.8, 4) is 11.5 Å². The molecule has 2 amide bonds. The van der Waals surface area contributed by atoms with E-state index < -0.39 is 29.5 Å². The lowest BCUT2D eigenvalue weighted by molar-refractivity contribution is -0.120. The molecule has 1 atom stereocenters. The number of primary amides is 1. The fourth-order valence-electron chi connectivity index (χ4n) is 2.18. The summed E-state index contributed by atoms with van der Waals surface area (Å²) < 4.78 is 37.2. The van der Waals surface area contributed by atoms with Crippen molar-refractivity contribution in [3.63, 3.8) is 0 Å². The topological polar surface area (TPSA) is 103 Å². The summed E-state index contributed by atoms with van der Waals surface area (Å²) in [4.78, 5) is 23.1. The second kappa shape index (κ2) is 8.84. The van der Waals surface area contributed by atoms with Crippen LogP contribution in [-0.2, 0) is 9.59 Å². The van der Waals surface area contributed by atoms with Gasteiger partial charge < -0.3 is 25.8 Å². The van der Waals surface area contributed by atoms with Crippen molar-refractivity contribution in [3.05, 3.63) is 48.0 Å². The van der Waals surface area contributed by atoms with Crippen LogP contribution in [0.15, 0.2) is 36.4 Å². The molecule has 0 aliphatic rings. The molecule has 2 rings (SSSR count). The highest BCUT2D eigenvalue weighted by Crippen LogP contribution is 2.30. The van der Waals surface area contributed by atoms with Crippen molar-refractivity contribution >= 4 is 23.2 Å². The van der Waals surface area contributed by atoms with Gasteiger partial charge in [-0.05, 0) is 31.2 Å². The van der Waals surface area contributed by atoms with Gasteiger partial charge in [-0.1, -0.05) is 0 Å². The fourth-order valence-corrected chi connectivity index (χ4v) is 2.18. The van der Waals surface area contributed by atoms with Gasteiger partial charge in [0.25, 0.3) is 5.91 Å². The van der Waals surface area contributed by atoms with Crippen LogP contribution >= 0.6 is 0 Å². The second-order valence-corrected chi connectivity index (χ2v) is 5.60. The van der Waals surface area contributed by atoms with Crippen LogP contribution in [0, 0.1) is 11.6 Å². The SMILES string of the molecule is COc1ccc(N[C@H](C)C(=O)Nc2cc(F)ccc2F)cc1OCC(N)=O. The van der Waals surface area contributed by atoms with Gasteiger partial charge in [-0.15, -0.1) is 0 Å². The number of carbonyl (C=O) groups is 2. The van der Waals surface area contributed by atoms with E-state index in [0.29, 0.717) is 11.4 Å². The van der Waals surface area contributed by atoms with Crippen LogP contribution in [0.3, 0.4) is 0 Å². The van der Waals surface area contributed by atoms with Gasteiger partial charge in [-0.3, -0.25) is 9.59 Å². The van der Waals surface area contributed by atoms with E-state index in [1.807, 2.05) is 0 Å². The third-order valence-corrected chi connectivity index (χ3v) is 3.50. The van der Waals surface area contributed by atoms with E-state index in [2.05, 4.69) is 10.6 Å². The number of nitrogens with one attached hydrogen (secondary N) is 2. The van der Waals surface area contributed by atoms with E-state index in [1.54, 1.807) is 19.1 Å². The summed E-state index contributed by atoms with van der Waals surface area (Å²) in [5.74, 6) is -2.01. The monoisotopic (exact) mass is 379 g/mol. The van der Waals surface area contributed by atoms with E-state index in [-0.39, 0.29) is 18.0 Å². The third kappa shape index (κ3) is 5.56. The number of rotatable bonds is 8. The molecule has 0 fully saturated rings. The summed E-state index contributed by atoms with van der Waals surface area (Å²) >= 11 is 0. The fraction of sp³-hybridized carbons (Fsp3) is 0.222. The maximum absolute atomic E-state index is 13.6. The highest BCUT2D eigenvalue weighted by Gasteiger charge is 2.16. The Morgan fingerprint density at radius 3 is 2.56 bits per heavy atom. The second-order valence-electron chi connectivity index (χ2n) is 5.60. The average Bonchev–Trinajstić information content (AvgIpc) is 2.63. The number of methoxy groups -OCH3 is 1. The van der Waals surface area contributed by atoms with Gasteiger partial charge in [0, 0.05) is 17.8 Å².